The Balaban J connectivity index is 1.97. The Morgan fingerprint density at radius 3 is 2.52 bits per heavy atom. The Morgan fingerprint density at radius 1 is 1.28 bits per heavy atom. The number of fused-ring (bicyclic) bond motifs is 4. The van der Waals surface area contributed by atoms with Gasteiger partial charge < -0.3 is 9.64 Å². The molecule has 9 heteroatoms. The average molecular weight is 400 g/mol. The standard InChI is InChI=1S/C20H21FN4O4/c1-9(2)15-16-20(17(26)23-19(28)24-18(20)27)6-11-4-12(7-22)13(21)5-14(11)25(16)8-10(3)29-15/h4-5,9-10,15-16H,6,8H2,1-3H3,(H2,23,24,26,27,28)/t10-,15+,16-/m1/s1. The van der Waals surface area contributed by atoms with Crippen LogP contribution in [0, 0.1) is 28.5 Å². The molecule has 3 heterocycles. The van der Waals surface area contributed by atoms with Crippen molar-refractivity contribution in [2.45, 2.75) is 45.4 Å². The summed E-state index contributed by atoms with van der Waals surface area (Å²) in [6.45, 7) is 6.06. The summed E-state index contributed by atoms with van der Waals surface area (Å²) in [6, 6.07) is 2.86. The molecule has 1 aromatic carbocycles. The van der Waals surface area contributed by atoms with Crippen molar-refractivity contribution in [3.63, 3.8) is 0 Å². The van der Waals surface area contributed by atoms with E-state index < -0.39 is 41.2 Å². The summed E-state index contributed by atoms with van der Waals surface area (Å²) in [4.78, 5) is 39.8. The van der Waals surface area contributed by atoms with E-state index in [1.165, 1.54) is 12.1 Å². The fraction of sp³-hybridized carbons (Fsp3) is 0.500. The van der Waals surface area contributed by atoms with E-state index in [1.807, 2.05) is 25.7 Å². The number of nitrogens with zero attached hydrogens (tertiary/aromatic N) is 2. The number of nitrogens with one attached hydrogen (secondary N) is 2. The van der Waals surface area contributed by atoms with Gasteiger partial charge in [0, 0.05) is 12.2 Å². The largest absolute Gasteiger partial charge is 0.371 e. The van der Waals surface area contributed by atoms with Crippen LogP contribution in [0.1, 0.15) is 31.9 Å². The van der Waals surface area contributed by atoms with Gasteiger partial charge in [0.05, 0.1) is 23.8 Å². The van der Waals surface area contributed by atoms with E-state index in [4.69, 9.17) is 4.74 Å². The lowest BCUT2D eigenvalue weighted by atomic mass is 9.65. The number of nitriles is 1. The lowest BCUT2D eigenvalue weighted by Gasteiger charge is -2.56. The van der Waals surface area contributed by atoms with E-state index in [9.17, 15) is 24.0 Å². The number of anilines is 1. The molecule has 0 saturated carbocycles. The summed E-state index contributed by atoms with van der Waals surface area (Å²) in [5.41, 5.74) is -0.752. The quantitative estimate of drug-likeness (QED) is 0.686. The summed E-state index contributed by atoms with van der Waals surface area (Å²) < 4.78 is 20.6. The number of imide groups is 2. The summed E-state index contributed by atoms with van der Waals surface area (Å²) >= 11 is 0. The van der Waals surface area contributed by atoms with Gasteiger partial charge in [-0.1, -0.05) is 13.8 Å². The number of hydrogen-bond acceptors (Lipinski definition) is 6. The molecule has 3 aliphatic heterocycles. The number of carbonyl (C=O) groups excluding carboxylic acids is 3. The number of halogens is 1. The van der Waals surface area contributed by atoms with Gasteiger partial charge in [-0.15, -0.1) is 0 Å². The fourth-order valence-electron chi connectivity index (χ4n) is 4.77. The minimum atomic E-state index is -1.64. The molecule has 1 aromatic rings. The molecule has 0 aromatic heterocycles. The van der Waals surface area contributed by atoms with Crippen molar-refractivity contribution in [1.82, 2.24) is 10.6 Å². The predicted octanol–water partition coefficient (Wildman–Crippen LogP) is 1.22. The van der Waals surface area contributed by atoms with Crippen LogP contribution in [0.4, 0.5) is 14.9 Å². The number of hydrogen-bond donors (Lipinski definition) is 2. The Bertz CT molecular complexity index is 950. The molecule has 0 aliphatic carbocycles. The van der Waals surface area contributed by atoms with Crippen LogP contribution >= 0.6 is 0 Å². The first-order valence-corrected chi connectivity index (χ1v) is 9.50. The zero-order valence-corrected chi connectivity index (χ0v) is 16.3. The van der Waals surface area contributed by atoms with Gasteiger partial charge in [-0.25, -0.2) is 9.18 Å². The zero-order valence-electron chi connectivity index (χ0n) is 16.3. The highest BCUT2D eigenvalue weighted by Crippen LogP contribution is 2.48. The molecular weight excluding hydrogens is 379 g/mol. The summed E-state index contributed by atoms with van der Waals surface area (Å²) in [6.07, 6.45) is -0.795. The molecule has 0 radical (unpaired) electrons. The Morgan fingerprint density at radius 2 is 1.93 bits per heavy atom. The number of rotatable bonds is 1. The molecule has 29 heavy (non-hydrogen) atoms. The molecule has 0 bridgehead atoms. The van der Waals surface area contributed by atoms with Crippen molar-refractivity contribution in [2.24, 2.45) is 11.3 Å². The van der Waals surface area contributed by atoms with Crippen molar-refractivity contribution in [3.05, 3.63) is 29.1 Å². The van der Waals surface area contributed by atoms with Crippen molar-refractivity contribution < 1.29 is 23.5 Å². The minimum Gasteiger partial charge on any atom is -0.371 e. The van der Waals surface area contributed by atoms with Crippen molar-refractivity contribution in [3.8, 4) is 6.07 Å². The highest BCUT2D eigenvalue weighted by molar-refractivity contribution is 6.20. The van der Waals surface area contributed by atoms with Crippen LogP contribution in [-0.4, -0.2) is 42.6 Å². The van der Waals surface area contributed by atoms with Gasteiger partial charge in [0.1, 0.15) is 11.9 Å². The van der Waals surface area contributed by atoms with E-state index >= 15 is 0 Å². The third-order valence-corrected chi connectivity index (χ3v) is 5.98. The number of benzene rings is 1. The van der Waals surface area contributed by atoms with E-state index in [2.05, 4.69) is 10.6 Å². The highest BCUT2D eigenvalue weighted by Gasteiger charge is 2.63. The van der Waals surface area contributed by atoms with Crippen molar-refractivity contribution in [2.75, 3.05) is 11.4 Å². The second kappa shape index (κ2) is 6.52. The maximum atomic E-state index is 14.4. The Kier molecular flexibility index (Phi) is 4.35. The number of morpholine rings is 1. The minimum absolute atomic E-state index is 0.0508. The molecule has 152 valence electrons. The van der Waals surface area contributed by atoms with Gasteiger partial charge >= 0.3 is 6.03 Å². The second-order valence-electron chi connectivity index (χ2n) is 8.21. The van der Waals surface area contributed by atoms with Gasteiger partial charge in [-0.3, -0.25) is 20.2 Å². The van der Waals surface area contributed by atoms with E-state index in [0.717, 1.165) is 0 Å². The van der Waals surface area contributed by atoms with Gasteiger partial charge in [0.2, 0.25) is 11.8 Å². The fourth-order valence-corrected chi connectivity index (χ4v) is 4.77. The molecule has 4 amide bonds. The molecule has 2 fully saturated rings. The molecule has 2 saturated heterocycles. The van der Waals surface area contributed by atoms with E-state index in [1.54, 1.807) is 6.07 Å². The van der Waals surface area contributed by atoms with Gasteiger partial charge in [0.25, 0.3) is 0 Å². The second-order valence-corrected chi connectivity index (χ2v) is 8.21. The molecule has 3 atom stereocenters. The van der Waals surface area contributed by atoms with Crippen LogP contribution in [0.3, 0.4) is 0 Å². The maximum absolute atomic E-state index is 14.4. The first kappa shape index (κ1) is 19.3. The smallest absolute Gasteiger partial charge is 0.328 e. The number of amides is 4. The molecular formula is C20H21FN4O4. The van der Waals surface area contributed by atoms with E-state index in [0.29, 0.717) is 17.8 Å². The van der Waals surface area contributed by atoms with Crippen LogP contribution in [0.25, 0.3) is 0 Å². The van der Waals surface area contributed by atoms with Crippen LogP contribution in [0.2, 0.25) is 0 Å². The summed E-state index contributed by atoms with van der Waals surface area (Å²) in [5, 5.41) is 13.7. The van der Waals surface area contributed by atoms with Crippen LogP contribution in [0.5, 0.6) is 0 Å². The average Bonchev–Trinajstić information content (AvgIpc) is 2.65. The third kappa shape index (κ3) is 2.70. The predicted molar refractivity (Wildman–Crippen MR) is 99.2 cm³/mol. The molecule has 2 N–H and O–H groups in total. The molecule has 1 spiro atoms. The molecule has 0 unspecified atom stereocenters. The number of barbiturate groups is 1. The molecule has 4 rings (SSSR count). The van der Waals surface area contributed by atoms with Crippen molar-refractivity contribution >= 4 is 23.5 Å². The van der Waals surface area contributed by atoms with Crippen LogP contribution in [0.15, 0.2) is 12.1 Å². The first-order valence-electron chi connectivity index (χ1n) is 9.50. The summed E-state index contributed by atoms with van der Waals surface area (Å²) in [7, 11) is 0. The lowest BCUT2D eigenvalue weighted by molar-refractivity contribution is -0.156. The molecule has 3 aliphatic rings. The topological polar surface area (TPSA) is 112 Å². The van der Waals surface area contributed by atoms with Crippen LogP contribution < -0.4 is 15.5 Å². The Hall–Kier alpha value is -2.99. The third-order valence-electron chi connectivity index (χ3n) is 5.98. The van der Waals surface area contributed by atoms with Gasteiger partial charge in [-0.2, -0.15) is 5.26 Å². The molecule has 8 nitrogen and oxygen atoms in total. The number of carbonyl (C=O) groups is 3. The highest BCUT2D eigenvalue weighted by atomic mass is 19.1. The van der Waals surface area contributed by atoms with Crippen molar-refractivity contribution in [1.29, 1.82) is 5.26 Å². The zero-order chi connectivity index (χ0) is 21.1. The maximum Gasteiger partial charge on any atom is 0.328 e. The SMILES string of the molecule is CC(C)[C@@H]1O[C@H](C)CN2c3cc(F)c(C#N)cc3CC3(C(=O)NC(=O)NC3=O)[C@@H]12. The van der Waals surface area contributed by atoms with E-state index in [-0.39, 0.29) is 24.0 Å². The summed E-state index contributed by atoms with van der Waals surface area (Å²) in [5.74, 6) is -2.13. The lowest BCUT2D eigenvalue weighted by Crippen LogP contribution is -2.76. The monoisotopic (exact) mass is 400 g/mol. The van der Waals surface area contributed by atoms with Gasteiger partial charge in [0.15, 0.2) is 5.41 Å². The van der Waals surface area contributed by atoms with Gasteiger partial charge in [-0.05, 0) is 37.0 Å². The number of ether oxygens (including phenoxy) is 1. The first-order chi connectivity index (χ1) is 13.7. The normalized spacial score (nSPS) is 27.8. The Labute approximate surface area is 167 Å². The van der Waals surface area contributed by atoms with Crippen LogP contribution in [-0.2, 0) is 20.7 Å². The number of urea groups is 1.